The number of hydrazine groups is 1. The van der Waals surface area contributed by atoms with E-state index >= 15 is 0 Å². The Kier molecular flexibility index (Phi) is 4.44. The predicted octanol–water partition coefficient (Wildman–Crippen LogP) is 4.14. The maximum Gasteiger partial charge on any atom is 0.239 e. The minimum Gasteiger partial charge on any atom is -0.364 e. The van der Waals surface area contributed by atoms with E-state index in [1.165, 1.54) is 0 Å². The summed E-state index contributed by atoms with van der Waals surface area (Å²) in [4.78, 5) is 12.3. The maximum absolute atomic E-state index is 12.3. The van der Waals surface area contributed by atoms with Crippen molar-refractivity contribution in [3.8, 4) is 0 Å². The van der Waals surface area contributed by atoms with Crippen molar-refractivity contribution in [3.05, 3.63) is 59.6 Å². The molecule has 0 spiro atoms. The molecule has 0 aliphatic carbocycles. The molecule has 0 aromatic heterocycles. The van der Waals surface area contributed by atoms with Gasteiger partial charge >= 0.3 is 0 Å². The van der Waals surface area contributed by atoms with E-state index in [4.69, 9.17) is 11.6 Å². The minimum absolute atomic E-state index is 0.0182. The van der Waals surface area contributed by atoms with Gasteiger partial charge in [-0.1, -0.05) is 29.8 Å². The third kappa shape index (κ3) is 3.27. The van der Waals surface area contributed by atoms with Gasteiger partial charge in [-0.25, -0.2) is 5.01 Å². The Morgan fingerprint density at radius 2 is 1.78 bits per heavy atom. The van der Waals surface area contributed by atoms with E-state index in [0.29, 0.717) is 5.02 Å². The number of nitrogens with zero attached hydrogens (tertiary/aromatic N) is 2. The van der Waals surface area contributed by atoms with Crippen LogP contribution < -0.4 is 10.3 Å². The molecule has 1 amide bonds. The molecule has 5 heteroatoms. The first kappa shape index (κ1) is 15.7. The molecule has 0 radical (unpaired) electrons. The van der Waals surface area contributed by atoms with Gasteiger partial charge in [-0.3, -0.25) is 9.80 Å². The molecular formula is C18H20ClN3O. The SMILES string of the molecule is CC(=O)N1[C@H](Nc2ccc(Cl)cc2)C[C@H](C)N1c1ccccc1. The lowest BCUT2D eigenvalue weighted by Crippen LogP contribution is -2.48. The quantitative estimate of drug-likeness (QED) is 0.919. The van der Waals surface area contributed by atoms with Crippen LogP contribution in [0.15, 0.2) is 54.6 Å². The van der Waals surface area contributed by atoms with Crippen molar-refractivity contribution in [2.45, 2.75) is 32.5 Å². The van der Waals surface area contributed by atoms with E-state index in [1.54, 1.807) is 11.9 Å². The lowest BCUT2D eigenvalue weighted by atomic mass is 10.2. The number of halogens is 1. The summed E-state index contributed by atoms with van der Waals surface area (Å²) in [6.07, 6.45) is 0.765. The van der Waals surface area contributed by atoms with E-state index in [-0.39, 0.29) is 18.1 Å². The standard InChI is InChI=1S/C18H20ClN3O/c1-13-12-18(20-16-10-8-15(19)9-11-16)22(14(2)23)21(13)17-6-4-3-5-7-17/h3-11,13,18,20H,12H2,1-2H3/t13-,18-/m0/s1. The van der Waals surface area contributed by atoms with Crippen LogP contribution >= 0.6 is 11.6 Å². The number of para-hydroxylation sites is 1. The van der Waals surface area contributed by atoms with Gasteiger partial charge in [-0.2, -0.15) is 0 Å². The molecule has 1 aliphatic rings. The van der Waals surface area contributed by atoms with Crippen molar-refractivity contribution in [3.63, 3.8) is 0 Å². The predicted molar refractivity (Wildman–Crippen MR) is 94.4 cm³/mol. The number of amides is 1. The molecule has 2 atom stereocenters. The molecule has 0 bridgehead atoms. The number of carbonyl (C=O) groups is 1. The van der Waals surface area contributed by atoms with Crippen molar-refractivity contribution >= 4 is 28.9 Å². The highest BCUT2D eigenvalue weighted by Gasteiger charge is 2.38. The summed E-state index contributed by atoms with van der Waals surface area (Å²) in [5.74, 6) is 0.0182. The number of hydrogen-bond donors (Lipinski definition) is 1. The monoisotopic (exact) mass is 329 g/mol. The maximum atomic E-state index is 12.3. The first-order chi connectivity index (χ1) is 11.1. The lowest BCUT2D eigenvalue weighted by Gasteiger charge is -2.35. The van der Waals surface area contributed by atoms with Crippen LogP contribution in [0.3, 0.4) is 0 Å². The van der Waals surface area contributed by atoms with Gasteiger partial charge in [0.1, 0.15) is 6.17 Å². The Hall–Kier alpha value is -2.20. The highest BCUT2D eigenvalue weighted by molar-refractivity contribution is 6.30. The fourth-order valence-corrected chi connectivity index (χ4v) is 3.20. The zero-order chi connectivity index (χ0) is 16.4. The summed E-state index contributed by atoms with van der Waals surface area (Å²) in [6, 6.07) is 17.8. The van der Waals surface area contributed by atoms with Gasteiger partial charge in [0.15, 0.2) is 0 Å². The molecule has 2 aromatic rings. The van der Waals surface area contributed by atoms with Gasteiger partial charge in [0.05, 0.1) is 11.7 Å². The summed E-state index contributed by atoms with van der Waals surface area (Å²) in [5, 5.41) is 8.00. The van der Waals surface area contributed by atoms with Crippen LogP contribution in [0, 0.1) is 0 Å². The Morgan fingerprint density at radius 3 is 2.39 bits per heavy atom. The highest BCUT2D eigenvalue weighted by Crippen LogP contribution is 2.31. The van der Waals surface area contributed by atoms with Crippen LogP contribution in [0.2, 0.25) is 5.02 Å². The molecule has 3 rings (SSSR count). The molecule has 23 heavy (non-hydrogen) atoms. The van der Waals surface area contributed by atoms with Crippen LogP contribution in [0.1, 0.15) is 20.3 Å². The van der Waals surface area contributed by atoms with Crippen LogP contribution in [0.25, 0.3) is 0 Å². The number of carbonyl (C=O) groups excluding carboxylic acids is 1. The van der Waals surface area contributed by atoms with Crippen molar-refractivity contribution in [1.82, 2.24) is 5.01 Å². The minimum atomic E-state index is -0.0797. The van der Waals surface area contributed by atoms with Crippen LogP contribution in [-0.4, -0.2) is 23.1 Å². The van der Waals surface area contributed by atoms with Gasteiger partial charge in [-0.05, 0) is 43.3 Å². The number of hydrogen-bond acceptors (Lipinski definition) is 3. The molecule has 1 aliphatic heterocycles. The normalized spacial score (nSPS) is 20.7. The van der Waals surface area contributed by atoms with Gasteiger partial charge in [0, 0.05) is 24.1 Å². The molecule has 0 saturated carbocycles. The molecule has 1 saturated heterocycles. The summed E-state index contributed by atoms with van der Waals surface area (Å²) < 4.78 is 0. The van der Waals surface area contributed by atoms with Crippen LogP contribution in [-0.2, 0) is 4.79 Å². The summed E-state index contributed by atoms with van der Waals surface area (Å²) in [6.45, 7) is 3.73. The van der Waals surface area contributed by atoms with Crippen LogP contribution in [0.4, 0.5) is 11.4 Å². The third-order valence-electron chi connectivity index (χ3n) is 4.03. The zero-order valence-corrected chi connectivity index (χ0v) is 14.0. The van der Waals surface area contributed by atoms with E-state index in [0.717, 1.165) is 17.8 Å². The molecule has 4 nitrogen and oxygen atoms in total. The molecule has 120 valence electrons. The molecule has 2 aromatic carbocycles. The van der Waals surface area contributed by atoms with Crippen LogP contribution in [0.5, 0.6) is 0 Å². The first-order valence-corrected chi connectivity index (χ1v) is 8.10. The molecule has 0 unspecified atom stereocenters. The lowest BCUT2D eigenvalue weighted by molar-refractivity contribution is -0.129. The van der Waals surface area contributed by atoms with Crippen molar-refractivity contribution in [2.24, 2.45) is 0 Å². The van der Waals surface area contributed by atoms with E-state index in [9.17, 15) is 4.79 Å². The number of nitrogens with one attached hydrogen (secondary N) is 1. The van der Waals surface area contributed by atoms with Gasteiger partial charge < -0.3 is 5.32 Å². The van der Waals surface area contributed by atoms with E-state index < -0.39 is 0 Å². The second-order valence-corrected chi connectivity index (χ2v) is 6.23. The third-order valence-corrected chi connectivity index (χ3v) is 4.28. The van der Waals surface area contributed by atoms with Crippen molar-refractivity contribution in [2.75, 3.05) is 10.3 Å². The molecule has 1 N–H and O–H groups in total. The summed E-state index contributed by atoms with van der Waals surface area (Å²) in [5.41, 5.74) is 1.98. The molecular weight excluding hydrogens is 310 g/mol. The number of anilines is 2. The topological polar surface area (TPSA) is 35.6 Å². The number of rotatable bonds is 3. The fourth-order valence-electron chi connectivity index (χ4n) is 3.07. The summed E-state index contributed by atoms with van der Waals surface area (Å²) >= 11 is 5.93. The molecule has 1 heterocycles. The summed E-state index contributed by atoms with van der Waals surface area (Å²) in [7, 11) is 0. The zero-order valence-electron chi connectivity index (χ0n) is 13.2. The van der Waals surface area contributed by atoms with Gasteiger partial charge in [-0.15, -0.1) is 0 Å². The average Bonchev–Trinajstić information content (AvgIpc) is 2.87. The largest absolute Gasteiger partial charge is 0.364 e. The molecule has 1 fully saturated rings. The van der Waals surface area contributed by atoms with E-state index in [2.05, 4.69) is 17.2 Å². The van der Waals surface area contributed by atoms with Crippen molar-refractivity contribution in [1.29, 1.82) is 0 Å². The Labute approximate surface area is 141 Å². The fraction of sp³-hybridized carbons (Fsp3) is 0.278. The second-order valence-electron chi connectivity index (χ2n) is 5.80. The highest BCUT2D eigenvalue weighted by atomic mass is 35.5. The van der Waals surface area contributed by atoms with Gasteiger partial charge in [0.2, 0.25) is 5.91 Å². The van der Waals surface area contributed by atoms with E-state index in [1.807, 2.05) is 54.6 Å². The second kappa shape index (κ2) is 6.50. The smallest absolute Gasteiger partial charge is 0.239 e. The first-order valence-electron chi connectivity index (χ1n) is 7.72. The van der Waals surface area contributed by atoms with Crippen molar-refractivity contribution < 1.29 is 4.79 Å². The Morgan fingerprint density at radius 1 is 1.13 bits per heavy atom. The van der Waals surface area contributed by atoms with Gasteiger partial charge in [0.25, 0.3) is 0 Å². The Balaban J connectivity index is 1.86. The average molecular weight is 330 g/mol. The Bertz CT molecular complexity index is 674. The number of benzene rings is 2.